The Labute approximate surface area is 195 Å². The van der Waals surface area contributed by atoms with Crippen molar-refractivity contribution in [2.45, 2.75) is 63.1 Å². The molecule has 5 heteroatoms. The molecule has 4 aliphatic rings. The number of carbonyl (C=O) groups excluding carboxylic acids is 1. The first-order valence-corrected chi connectivity index (χ1v) is 13.3. The van der Waals surface area contributed by atoms with Crippen LogP contribution in [0.5, 0.6) is 0 Å². The van der Waals surface area contributed by atoms with E-state index in [1.807, 2.05) is 17.5 Å². The van der Waals surface area contributed by atoms with E-state index in [1.165, 1.54) is 30.0 Å². The molecule has 32 heavy (non-hydrogen) atoms. The van der Waals surface area contributed by atoms with Crippen molar-refractivity contribution < 1.29 is 19.1 Å². The van der Waals surface area contributed by atoms with Crippen molar-refractivity contribution in [3.63, 3.8) is 0 Å². The van der Waals surface area contributed by atoms with Crippen molar-refractivity contribution in [2.24, 2.45) is 11.8 Å². The molecular weight excluding hydrogens is 418 g/mol. The maximum atomic E-state index is 13.5. The van der Waals surface area contributed by atoms with Crippen molar-refractivity contribution in [2.75, 3.05) is 26.2 Å². The zero-order chi connectivity index (χ0) is 22.0. The lowest BCUT2D eigenvalue weighted by atomic mass is 9.81. The van der Waals surface area contributed by atoms with Crippen LogP contribution in [0.15, 0.2) is 47.8 Å². The van der Waals surface area contributed by atoms with E-state index in [-0.39, 0.29) is 12.0 Å². The van der Waals surface area contributed by atoms with Crippen molar-refractivity contribution >= 4 is 17.3 Å². The van der Waals surface area contributed by atoms with Crippen LogP contribution >= 0.6 is 11.3 Å². The smallest absolute Gasteiger partial charge is 0.344 e. The summed E-state index contributed by atoms with van der Waals surface area (Å²) in [5.74, 6) is 0.0287. The third-order valence-electron chi connectivity index (χ3n) is 8.39. The van der Waals surface area contributed by atoms with E-state index in [9.17, 15) is 9.90 Å². The number of thiophene rings is 1. The van der Waals surface area contributed by atoms with Crippen molar-refractivity contribution in [3.8, 4) is 0 Å². The van der Waals surface area contributed by atoms with Gasteiger partial charge in [-0.25, -0.2) is 4.79 Å². The number of quaternary nitrogens is 1. The largest absolute Gasteiger partial charge is 0.454 e. The predicted octanol–water partition coefficient (Wildman–Crippen LogP) is 4.91. The molecule has 1 aromatic heterocycles. The van der Waals surface area contributed by atoms with Crippen LogP contribution < -0.4 is 0 Å². The fraction of sp³-hybridized carbons (Fsp3) is 0.593. The number of ether oxygens (including phenoxy) is 1. The van der Waals surface area contributed by atoms with E-state index in [1.54, 1.807) is 0 Å². The van der Waals surface area contributed by atoms with Gasteiger partial charge < -0.3 is 14.3 Å². The number of piperidine rings is 3. The second-order valence-corrected chi connectivity index (χ2v) is 11.2. The molecular formula is C27H36NO3S+. The van der Waals surface area contributed by atoms with Crippen LogP contribution in [0.3, 0.4) is 0 Å². The summed E-state index contributed by atoms with van der Waals surface area (Å²) in [7, 11) is 0. The predicted molar refractivity (Wildman–Crippen MR) is 127 cm³/mol. The molecule has 0 amide bonds. The zero-order valence-electron chi connectivity index (χ0n) is 19.0. The van der Waals surface area contributed by atoms with Crippen LogP contribution in [0.4, 0.5) is 0 Å². The lowest BCUT2D eigenvalue weighted by molar-refractivity contribution is -0.946. The summed E-state index contributed by atoms with van der Waals surface area (Å²) in [6, 6.07) is 14.5. The van der Waals surface area contributed by atoms with Crippen molar-refractivity contribution in [1.82, 2.24) is 0 Å². The number of hydrogen-bond donors (Lipinski definition) is 1. The Bertz CT molecular complexity index is 885. The highest BCUT2D eigenvalue weighted by Crippen LogP contribution is 2.44. The normalized spacial score (nSPS) is 29.7. The lowest BCUT2D eigenvalue weighted by Crippen LogP contribution is -2.65. The van der Waals surface area contributed by atoms with Gasteiger partial charge in [0.1, 0.15) is 6.54 Å². The van der Waals surface area contributed by atoms with Crippen LogP contribution in [0.2, 0.25) is 0 Å². The van der Waals surface area contributed by atoms with E-state index < -0.39 is 11.6 Å². The molecule has 1 unspecified atom stereocenters. The van der Waals surface area contributed by atoms with Gasteiger partial charge in [0.05, 0.1) is 19.6 Å². The number of nitrogens with zero attached hydrogens (tertiary/aromatic N) is 1. The first kappa shape index (κ1) is 22.1. The molecule has 1 aliphatic carbocycles. The molecule has 2 bridgehead atoms. The van der Waals surface area contributed by atoms with E-state index in [2.05, 4.69) is 30.3 Å². The summed E-state index contributed by atoms with van der Waals surface area (Å²) >= 11 is 1.48. The average Bonchev–Trinajstić information content (AvgIpc) is 3.55. The van der Waals surface area contributed by atoms with Crippen molar-refractivity contribution in [1.29, 1.82) is 0 Å². The first-order valence-electron chi connectivity index (χ1n) is 12.5. The molecule has 2 atom stereocenters. The van der Waals surface area contributed by atoms with Gasteiger partial charge in [-0.05, 0) is 36.3 Å². The quantitative estimate of drug-likeness (QED) is 0.455. The molecule has 0 radical (unpaired) electrons. The van der Waals surface area contributed by atoms with Gasteiger partial charge in [0.2, 0.25) is 0 Å². The molecule has 1 saturated carbocycles. The van der Waals surface area contributed by atoms with E-state index in [0.29, 0.717) is 5.92 Å². The first-order chi connectivity index (χ1) is 15.6. The molecule has 4 fully saturated rings. The van der Waals surface area contributed by atoms with E-state index >= 15 is 0 Å². The number of carbonyl (C=O) groups is 1. The van der Waals surface area contributed by atoms with Gasteiger partial charge in [0.15, 0.2) is 11.7 Å². The van der Waals surface area contributed by atoms with E-state index in [4.69, 9.17) is 4.74 Å². The monoisotopic (exact) mass is 454 g/mol. The molecule has 2 aromatic rings. The second kappa shape index (κ2) is 9.28. The minimum atomic E-state index is -1.48. The Kier molecular flexibility index (Phi) is 6.42. The number of rotatable bonds is 8. The second-order valence-electron chi connectivity index (χ2n) is 10.3. The number of benzene rings is 1. The molecule has 0 spiro atoms. The Morgan fingerprint density at radius 2 is 1.81 bits per heavy atom. The van der Waals surface area contributed by atoms with Crippen LogP contribution in [-0.2, 0) is 21.6 Å². The maximum Gasteiger partial charge on any atom is 0.344 e. The molecule has 3 aliphatic heterocycles. The minimum Gasteiger partial charge on any atom is -0.454 e. The zero-order valence-corrected chi connectivity index (χ0v) is 19.8. The highest BCUT2D eigenvalue weighted by Gasteiger charge is 2.53. The summed E-state index contributed by atoms with van der Waals surface area (Å²) in [5.41, 5.74) is -0.0763. The number of hydrogen-bond acceptors (Lipinski definition) is 4. The van der Waals surface area contributed by atoms with Crippen LogP contribution in [0.25, 0.3) is 0 Å². The summed E-state index contributed by atoms with van der Waals surface area (Å²) in [4.78, 5) is 14.3. The fourth-order valence-electron chi connectivity index (χ4n) is 6.47. The van der Waals surface area contributed by atoms with Crippen LogP contribution in [0.1, 0.15) is 55.4 Å². The van der Waals surface area contributed by atoms with Crippen LogP contribution in [0, 0.1) is 11.8 Å². The third kappa shape index (κ3) is 4.27. The standard InChI is InChI=1S/C27H36NO3S/c29-26(27(30,23-11-4-5-12-23)25-13-7-19-32-25)31-24-20-28(17-14-22(24)15-18-28)16-6-10-21-8-2-1-3-9-21/h1-3,7-9,13,19,22-24,30H,4-6,10-12,14-18,20H2/q+1/t22?,24?,27-,28?/m1/s1. The highest BCUT2D eigenvalue weighted by atomic mass is 32.1. The summed E-state index contributed by atoms with van der Waals surface area (Å²) in [5, 5.41) is 13.7. The van der Waals surface area contributed by atoms with E-state index in [0.717, 1.165) is 73.8 Å². The van der Waals surface area contributed by atoms with Gasteiger partial charge in [-0.3, -0.25) is 0 Å². The SMILES string of the molecule is O=C(OC1C[N+]2(CCCc3ccccc3)CCC1CC2)[C@](O)(c1cccs1)C1CCCC1. The Morgan fingerprint density at radius 1 is 1.06 bits per heavy atom. The topological polar surface area (TPSA) is 46.5 Å². The number of aliphatic hydroxyl groups is 1. The van der Waals surface area contributed by atoms with Gasteiger partial charge in [-0.2, -0.15) is 0 Å². The third-order valence-corrected chi connectivity index (χ3v) is 9.39. The maximum absolute atomic E-state index is 13.5. The Morgan fingerprint density at radius 3 is 2.50 bits per heavy atom. The Balaban J connectivity index is 1.26. The van der Waals surface area contributed by atoms with Crippen LogP contribution in [-0.4, -0.2) is 47.8 Å². The molecule has 4 nitrogen and oxygen atoms in total. The molecule has 6 rings (SSSR count). The summed E-state index contributed by atoms with van der Waals surface area (Å²) < 4.78 is 7.29. The average molecular weight is 455 g/mol. The lowest BCUT2D eigenvalue weighted by Gasteiger charge is -2.52. The van der Waals surface area contributed by atoms with Gasteiger partial charge >= 0.3 is 5.97 Å². The van der Waals surface area contributed by atoms with Gasteiger partial charge in [0, 0.05) is 36.0 Å². The van der Waals surface area contributed by atoms with Gasteiger partial charge in [-0.1, -0.05) is 49.2 Å². The Hall–Kier alpha value is -1.69. The summed E-state index contributed by atoms with van der Waals surface area (Å²) in [6.07, 6.45) is 8.43. The number of fused-ring (bicyclic) bond motifs is 3. The molecule has 172 valence electrons. The fourth-order valence-corrected chi connectivity index (χ4v) is 7.36. The highest BCUT2D eigenvalue weighted by molar-refractivity contribution is 7.10. The summed E-state index contributed by atoms with van der Waals surface area (Å²) in [6.45, 7) is 4.46. The molecule has 1 aromatic carbocycles. The number of aryl methyl sites for hydroxylation is 1. The minimum absolute atomic E-state index is 0.0243. The molecule has 3 saturated heterocycles. The van der Waals surface area contributed by atoms with Crippen molar-refractivity contribution in [3.05, 3.63) is 58.3 Å². The molecule has 4 heterocycles. The van der Waals surface area contributed by atoms with Gasteiger partial charge in [-0.15, -0.1) is 11.3 Å². The van der Waals surface area contributed by atoms with Gasteiger partial charge in [0.25, 0.3) is 0 Å². The number of esters is 1. The molecule has 1 N–H and O–H groups in total.